The number of nitrogens with zero attached hydrogens (tertiary/aromatic N) is 4. The van der Waals surface area contributed by atoms with Crippen LogP contribution in [0.5, 0.6) is 0 Å². The third-order valence-corrected chi connectivity index (χ3v) is 12.6. The van der Waals surface area contributed by atoms with Gasteiger partial charge in [0, 0.05) is 68.1 Å². The number of hydrogen-bond donors (Lipinski definition) is 0. The molecular weight excluding hydrogens is 805 g/mol. The van der Waals surface area contributed by atoms with E-state index in [0.717, 1.165) is 111 Å². The van der Waals surface area contributed by atoms with Crippen LogP contribution in [0.2, 0.25) is 0 Å². The largest absolute Gasteiger partial charge is 0.455 e. The second-order valence-electron chi connectivity index (χ2n) is 16.7. The molecule has 0 aliphatic carbocycles. The van der Waals surface area contributed by atoms with Crippen LogP contribution in [-0.2, 0) is 0 Å². The van der Waals surface area contributed by atoms with E-state index in [-0.39, 0.29) is 0 Å². The Balaban J connectivity index is 0.975. The van der Waals surface area contributed by atoms with Crippen LogP contribution in [0.15, 0.2) is 242 Å². The number of fused-ring (bicyclic) bond motifs is 5. The molecule has 312 valence electrons. The molecule has 3 aromatic heterocycles. The van der Waals surface area contributed by atoms with E-state index in [0.29, 0.717) is 12.4 Å². The SMILES string of the molecule is C=C1/C=C\C=C/CN(c2cc(-c3cccc4c3oc3ccccc34)cc3c2ccn3-c2ccccc2)c2ccc(-c3ccc(-c4nc(-c5ccccc5)cc(-c5ccccc5)n4)cc3)cc21. The van der Waals surface area contributed by atoms with E-state index < -0.39 is 0 Å². The lowest BCUT2D eigenvalue weighted by Gasteiger charge is -2.28. The van der Waals surface area contributed by atoms with Gasteiger partial charge in [-0.2, -0.15) is 0 Å². The predicted molar refractivity (Wildman–Crippen MR) is 274 cm³/mol. The Morgan fingerprint density at radius 2 is 1.14 bits per heavy atom. The molecule has 5 nitrogen and oxygen atoms in total. The number of para-hydroxylation sites is 3. The van der Waals surface area contributed by atoms with Gasteiger partial charge in [-0.25, -0.2) is 9.97 Å². The molecule has 0 radical (unpaired) electrons. The molecule has 0 unspecified atom stereocenters. The number of rotatable bonds is 7. The van der Waals surface area contributed by atoms with Crippen LogP contribution in [0, 0.1) is 0 Å². The van der Waals surface area contributed by atoms with Gasteiger partial charge in [-0.05, 0) is 76.9 Å². The standard InChI is InChI=1S/C61H42N4O/c1-41-17-6-5-15-35-65(58-39-47(38-57-52(58)34-36-64(57)48-22-11-4-12-23-48)49-25-16-26-51-50-24-13-14-27-59(50)66-60(49)51)56-33-32-46(37-53(41)56)42-28-30-45(31-29-42)61-62-54(43-18-7-2-8-19-43)40-55(63-61)44-20-9-3-10-21-44/h2-34,36-40H,1,35H2/b15-5-,17-6-. The predicted octanol–water partition coefficient (Wildman–Crippen LogP) is 15.9. The maximum absolute atomic E-state index is 6.63. The summed E-state index contributed by atoms with van der Waals surface area (Å²) in [4.78, 5) is 12.6. The summed E-state index contributed by atoms with van der Waals surface area (Å²) < 4.78 is 8.92. The Kier molecular flexibility index (Phi) is 9.65. The molecule has 0 N–H and O–H groups in total. The fourth-order valence-corrected chi connectivity index (χ4v) is 9.33. The third-order valence-electron chi connectivity index (χ3n) is 12.6. The van der Waals surface area contributed by atoms with Crippen molar-refractivity contribution in [3.8, 4) is 61.8 Å². The Morgan fingerprint density at radius 1 is 0.470 bits per heavy atom. The fraction of sp³-hybridized carbons (Fsp3) is 0.0164. The molecule has 0 spiro atoms. The molecule has 4 heterocycles. The van der Waals surface area contributed by atoms with E-state index in [2.05, 4.69) is 198 Å². The van der Waals surface area contributed by atoms with Crippen LogP contribution in [0.4, 0.5) is 11.4 Å². The van der Waals surface area contributed by atoms with Gasteiger partial charge in [0.25, 0.3) is 0 Å². The summed E-state index contributed by atoms with van der Waals surface area (Å²) in [6, 6.07) is 70.2. The van der Waals surface area contributed by atoms with E-state index in [1.807, 2.05) is 48.5 Å². The van der Waals surface area contributed by atoms with Gasteiger partial charge in [0.15, 0.2) is 5.82 Å². The van der Waals surface area contributed by atoms with Gasteiger partial charge in [0.05, 0.1) is 22.6 Å². The number of benzene rings is 8. The van der Waals surface area contributed by atoms with Crippen LogP contribution >= 0.6 is 0 Å². The number of furan rings is 1. The number of aromatic nitrogens is 3. The van der Waals surface area contributed by atoms with Crippen LogP contribution < -0.4 is 4.90 Å². The Labute approximate surface area is 383 Å². The summed E-state index contributed by atoms with van der Waals surface area (Å²) in [7, 11) is 0. The molecule has 11 aromatic rings. The minimum atomic E-state index is 0.648. The quantitative estimate of drug-likeness (QED) is 0.160. The van der Waals surface area contributed by atoms with Crippen molar-refractivity contribution in [1.82, 2.24) is 14.5 Å². The lowest BCUT2D eigenvalue weighted by atomic mass is 9.95. The molecule has 0 saturated heterocycles. The molecule has 1 aliphatic heterocycles. The van der Waals surface area contributed by atoms with E-state index in [9.17, 15) is 0 Å². The smallest absolute Gasteiger partial charge is 0.160 e. The van der Waals surface area contributed by atoms with Gasteiger partial charge < -0.3 is 13.9 Å². The van der Waals surface area contributed by atoms with E-state index in [4.69, 9.17) is 14.4 Å². The molecule has 0 amide bonds. The summed E-state index contributed by atoms with van der Waals surface area (Å²) >= 11 is 0. The van der Waals surface area contributed by atoms with Crippen LogP contribution in [0.1, 0.15) is 5.56 Å². The van der Waals surface area contributed by atoms with Crippen molar-refractivity contribution < 1.29 is 4.42 Å². The molecule has 12 rings (SSSR count). The summed E-state index contributed by atoms with van der Waals surface area (Å²) in [6.45, 7) is 5.28. The zero-order valence-corrected chi connectivity index (χ0v) is 36.1. The van der Waals surface area contributed by atoms with Gasteiger partial charge in [0.1, 0.15) is 11.2 Å². The first kappa shape index (κ1) is 38.8. The molecule has 0 fully saturated rings. The fourth-order valence-electron chi connectivity index (χ4n) is 9.33. The maximum Gasteiger partial charge on any atom is 0.160 e. The topological polar surface area (TPSA) is 47.1 Å². The molecule has 5 heteroatoms. The van der Waals surface area contributed by atoms with Crippen molar-refractivity contribution in [3.05, 3.63) is 243 Å². The Hall–Kier alpha value is -8.80. The highest BCUT2D eigenvalue weighted by molar-refractivity contribution is 6.11. The third kappa shape index (κ3) is 7.00. The van der Waals surface area contributed by atoms with Crippen molar-refractivity contribution >= 4 is 49.8 Å². The average Bonchev–Trinajstić information content (AvgIpc) is 4.01. The summed E-state index contributed by atoms with van der Waals surface area (Å²) in [5.41, 5.74) is 17.3. The Morgan fingerprint density at radius 3 is 1.89 bits per heavy atom. The zero-order valence-electron chi connectivity index (χ0n) is 36.1. The molecule has 0 bridgehead atoms. The first-order valence-corrected chi connectivity index (χ1v) is 22.3. The Bertz CT molecular complexity index is 3620. The van der Waals surface area contributed by atoms with Gasteiger partial charge in [-0.15, -0.1) is 0 Å². The minimum absolute atomic E-state index is 0.648. The van der Waals surface area contributed by atoms with Crippen molar-refractivity contribution in [2.24, 2.45) is 0 Å². The molecule has 0 atom stereocenters. The summed E-state index contributed by atoms with van der Waals surface area (Å²) in [5, 5.41) is 3.36. The van der Waals surface area contributed by atoms with Gasteiger partial charge >= 0.3 is 0 Å². The number of hydrogen-bond acceptors (Lipinski definition) is 4. The normalized spacial score (nSPS) is 13.6. The molecule has 8 aromatic carbocycles. The molecule has 66 heavy (non-hydrogen) atoms. The number of allylic oxidation sites excluding steroid dienone is 4. The van der Waals surface area contributed by atoms with Crippen molar-refractivity contribution in [3.63, 3.8) is 0 Å². The van der Waals surface area contributed by atoms with Crippen molar-refractivity contribution in [1.29, 1.82) is 0 Å². The summed E-state index contributed by atoms with van der Waals surface area (Å²) in [6.07, 6.45) is 10.7. The monoisotopic (exact) mass is 846 g/mol. The zero-order chi connectivity index (χ0) is 44.0. The second kappa shape index (κ2) is 16.4. The highest BCUT2D eigenvalue weighted by Crippen LogP contribution is 2.44. The lowest BCUT2D eigenvalue weighted by Crippen LogP contribution is -2.18. The van der Waals surface area contributed by atoms with E-state index >= 15 is 0 Å². The minimum Gasteiger partial charge on any atom is -0.455 e. The van der Waals surface area contributed by atoms with E-state index in [1.54, 1.807) is 0 Å². The van der Waals surface area contributed by atoms with Crippen molar-refractivity contribution in [2.45, 2.75) is 0 Å². The first-order valence-electron chi connectivity index (χ1n) is 22.3. The van der Waals surface area contributed by atoms with Gasteiger partial charge in [-0.3, -0.25) is 0 Å². The highest BCUT2D eigenvalue weighted by Gasteiger charge is 2.22. The van der Waals surface area contributed by atoms with Crippen molar-refractivity contribution in [2.75, 3.05) is 11.4 Å². The van der Waals surface area contributed by atoms with Gasteiger partial charge in [-0.1, -0.05) is 176 Å². The maximum atomic E-state index is 6.63. The molecule has 1 aliphatic rings. The van der Waals surface area contributed by atoms with Crippen LogP contribution in [-0.4, -0.2) is 21.1 Å². The number of anilines is 2. The van der Waals surface area contributed by atoms with Crippen LogP contribution in [0.25, 0.3) is 100 Å². The average molecular weight is 847 g/mol. The summed E-state index contributed by atoms with van der Waals surface area (Å²) in [5.74, 6) is 0.684. The van der Waals surface area contributed by atoms with Crippen LogP contribution in [0.3, 0.4) is 0 Å². The highest BCUT2D eigenvalue weighted by atomic mass is 16.3. The lowest BCUT2D eigenvalue weighted by molar-refractivity contribution is 0.670. The molecular formula is C61H42N4O. The van der Waals surface area contributed by atoms with Gasteiger partial charge in [0.2, 0.25) is 0 Å². The first-order chi connectivity index (χ1) is 32.6. The second-order valence-corrected chi connectivity index (χ2v) is 16.7. The molecule has 0 saturated carbocycles. The van der Waals surface area contributed by atoms with E-state index in [1.165, 1.54) is 0 Å².